The Labute approximate surface area is 812 Å². The third kappa shape index (κ3) is 21.6. The summed E-state index contributed by atoms with van der Waals surface area (Å²) in [5, 5.41) is 14.3. The van der Waals surface area contributed by atoms with Gasteiger partial charge in [0.05, 0.1) is 65.7 Å². The Kier molecular flexibility index (Phi) is 26.0. The van der Waals surface area contributed by atoms with Gasteiger partial charge in [0.2, 0.25) is 34.2 Å². The Morgan fingerprint density at radius 3 is 0.759 bits per heavy atom. The quantitative estimate of drug-likeness (QED) is 0.115. The molecule has 0 aliphatic heterocycles. The van der Waals surface area contributed by atoms with Gasteiger partial charge in [-0.05, 0) is 349 Å². The molecule has 133 heavy (non-hydrogen) atoms. The number of benzene rings is 12. The zero-order valence-electron chi connectivity index (χ0n) is 95.4. The van der Waals surface area contributed by atoms with Crippen molar-refractivity contribution >= 4 is 64.6 Å². The fourth-order valence-corrected chi connectivity index (χ4v) is 19.1. The summed E-state index contributed by atoms with van der Waals surface area (Å²) in [7, 11) is 12.4. The molecule has 6 heteroatoms. The second-order valence-electron chi connectivity index (χ2n) is 38.6. The van der Waals surface area contributed by atoms with Crippen LogP contribution in [0.2, 0.25) is 0 Å². The van der Waals surface area contributed by atoms with Crippen molar-refractivity contribution in [2.45, 2.75) is 204 Å². The average Bonchev–Trinajstić information content (AvgIpc) is 0.743. The van der Waals surface area contributed by atoms with E-state index in [9.17, 15) is 0 Å². The van der Waals surface area contributed by atoms with E-state index in [4.69, 9.17) is 15.1 Å². The van der Waals surface area contributed by atoms with Crippen molar-refractivity contribution in [3.8, 4) is 67.5 Å². The first-order chi connectivity index (χ1) is 67.4. The molecule has 0 amide bonds. The highest BCUT2D eigenvalue weighted by molar-refractivity contribution is 5.99. The number of pyridine rings is 6. The van der Waals surface area contributed by atoms with E-state index < -0.39 is 32.3 Å². The summed E-state index contributed by atoms with van der Waals surface area (Å²) in [6.07, 6.45) is 13.7. The van der Waals surface area contributed by atoms with Crippen LogP contribution in [0.25, 0.3) is 132 Å². The molecule has 1 atom stereocenters. The first-order valence-electron chi connectivity index (χ1n) is 52.5. The van der Waals surface area contributed by atoms with Gasteiger partial charge >= 0.3 is 0 Å². The van der Waals surface area contributed by atoms with Crippen LogP contribution in [-0.4, -0.2) is 0 Å². The van der Waals surface area contributed by atoms with E-state index in [1.807, 2.05) is 114 Å². The van der Waals surface area contributed by atoms with Crippen molar-refractivity contribution in [3.05, 3.63) is 390 Å². The van der Waals surface area contributed by atoms with Crippen LogP contribution in [0.1, 0.15) is 210 Å². The molecule has 0 N–H and O–H groups in total. The molecule has 0 aliphatic carbocycles. The minimum absolute atomic E-state index is 0.326. The number of hydrogen-bond donors (Lipinski definition) is 0. The summed E-state index contributed by atoms with van der Waals surface area (Å²) in [5.41, 5.74) is 38.5. The number of aryl methyl sites for hydroxylation is 18. The lowest BCUT2D eigenvalue weighted by Gasteiger charge is -2.12. The van der Waals surface area contributed by atoms with E-state index in [1.54, 1.807) is 24.3 Å². The Hall–Kier alpha value is -12.9. The fraction of sp³-hybridized carbons (Fsp3) is 0.291. The van der Waals surface area contributed by atoms with E-state index in [0.717, 1.165) is 72.7 Å². The topological polar surface area (TPSA) is 23.3 Å². The van der Waals surface area contributed by atoms with E-state index in [1.165, 1.54) is 173 Å². The summed E-state index contributed by atoms with van der Waals surface area (Å²) in [5.74, 6) is -1.16. The highest BCUT2D eigenvalue weighted by Gasteiger charge is 2.27. The summed E-state index contributed by atoms with van der Waals surface area (Å²) in [6, 6.07) is 80.9. The molecule has 0 saturated carbocycles. The molecule has 0 aliphatic rings. The SMILES string of the molecule is Cc1cc(C)c(C)c(-c2c3ccc(C(C)C)cc3cc[n+]2C)c1.Cc1cc(C)c(C)c(-c2c3ccc(CC(C)C)cc3cc[n+]2C)c1.Cc1cc(C)c(C)c(-c2c3ccccc3cc[n+]2C)c1.Cc1cc(C)c(C)c(-c2c3ccccc3cc[n+]2C)c1.[2H]C([2H])([2H])c1cc(C)cc(-c2c3ccc(C([2H])(C)C([2H])([2H])[2H])cc3cc[n+]2C)c1C.[2H]C([2H])([2H])c1cc(C)cc(-c2c3ccc(C([2H])(C)C)cc3cc[n+]2C)c1C. The summed E-state index contributed by atoms with van der Waals surface area (Å²) in [6.45, 7) is 41.3. The largest absolute Gasteiger partial charge is 0.220 e. The number of nitrogens with zero attached hydrogens (tertiary/aromatic N) is 6. The standard InChI is InChI=1S/C23H28N.3C22H26N.2C19H20N/c1-15(2)11-19-7-8-21-20(14-19)9-10-24(6)23(21)22-13-16(3)12-17(4)18(22)5;3*1-14(2)18-7-8-20-19(13-18)9-10-23(6)22(20)21-12-15(3)11-16(4)17(21)5;2*1-13-11-14(2)15(3)18(12-13)19-17-8-6-5-7-16(17)9-10-20(19)4/h7-10,12-15H,11H2,1-6H3;3*7-14H,1-6H3;2*5-12H,1-4H3/q6*+1/i;1D3,4D3,14D;4D3,14D;;;. The second-order valence-corrected chi connectivity index (χ2v) is 38.6. The Morgan fingerprint density at radius 2 is 0.481 bits per heavy atom. The van der Waals surface area contributed by atoms with Crippen LogP contribution in [0.15, 0.2) is 268 Å². The van der Waals surface area contributed by atoms with Crippen molar-refractivity contribution in [1.29, 1.82) is 0 Å². The molecule has 0 saturated heterocycles. The molecular formula is C127H146N6+6. The second kappa shape index (κ2) is 41.5. The van der Waals surface area contributed by atoms with Crippen molar-refractivity contribution in [1.82, 2.24) is 0 Å². The Balaban J connectivity index is 0.000000146. The van der Waals surface area contributed by atoms with Crippen LogP contribution < -0.4 is 27.4 Å². The van der Waals surface area contributed by atoms with E-state index in [2.05, 4.69) is 352 Å². The van der Waals surface area contributed by atoms with Gasteiger partial charge < -0.3 is 0 Å². The lowest BCUT2D eigenvalue weighted by molar-refractivity contribution is -0.659. The van der Waals surface area contributed by atoms with Crippen LogP contribution >= 0.6 is 0 Å². The van der Waals surface area contributed by atoms with Gasteiger partial charge in [-0.1, -0.05) is 210 Å². The molecule has 0 bridgehead atoms. The number of aromatic nitrogens is 6. The highest BCUT2D eigenvalue weighted by Crippen LogP contribution is 2.39. The maximum atomic E-state index is 8.38. The zero-order valence-corrected chi connectivity index (χ0v) is 84.4. The van der Waals surface area contributed by atoms with Crippen LogP contribution in [-0.2, 0) is 48.7 Å². The molecule has 0 fully saturated rings. The minimum Gasteiger partial charge on any atom is -0.200 e. The molecule has 6 aromatic heterocycles. The smallest absolute Gasteiger partial charge is 0.200 e. The number of fused-ring (bicyclic) bond motifs is 6. The Bertz CT molecular complexity index is 7820. The molecule has 6 nitrogen and oxygen atoms in total. The molecule has 0 spiro atoms. The molecule has 12 aromatic carbocycles. The lowest BCUT2D eigenvalue weighted by atomic mass is 9.93. The first-order valence-corrected chi connectivity index (χ1v) is 47.0. The third-order valence-electron chi connectivity index (χ3n) is 26.9. The fourth-order valence-electron chi connectivity index (χ4n) is 19.1. The van der Waals surface area contributed by atoms with Crippen LogP contribution in [0, 0.1) is 130 Å². The maximum Gasteiger partial charge on any atom is 0.220 e. The Morgan fingerprint density at radius 1 is 0.241 bits per heavy atom. The predicted octanol–water partition coefficient (Wildman–Crippen LogP) is 30.1. The van der Waals surface area contributed by atoms with Crippen LogP contribution in [0.5, 0.6) is 0 Å². The van der Waals surface area contributed by atoms with Crippen LogP contribution in [0.4, 0.5) is 0 Å². The normalized spacial score (nSPS) is 13.3. The van der Waals surface area contributed by atoms with Gasteiger partial charge in [0, 0.05) is 51.5 Å². The molecule has 18 rings (SSSR count). The number of hydrogen-bond acceptors (Lipinski definition) is 0. The molecule has 18 aromatic rings. The van der Waals surface area contributed by atoms with Crippen LogP contribution in [0.3, 0.4) is 0 Å². The van der Waals surface area contributed by atoms with Gasteiger partial charge in [-0.15, -0.1) is 0 Å². The average molecular weight is 1770 g/mol. The first kappa shape index (κ1) is 83.2. The number of rotatable bonds is 11. The summed E-state index contributed by atoms with van der Waals surface area (Å²) in [4.78, 5) is 0. The molecule has 6 heterocycles. The molecular weight excluding hydrogens is 1610 g/mol. The molecule has 1 unspecified atom stereocenters. The van der Waals surface area contributed by atoms with Crippen molar-refractivity contribution in [3.63, 3.8) is 0 Å². The van der Waals surface area contributed by atoms with Gasteiger partial charge in [0.15, 0.2) is 37.2 Å². The van der Waals surface area contributed by atoms with Gasteiger partial charge in [0.25, 0.3) is 0 Å². The van der Waals surface area contributed by atoms with Gasteiger partial charge in [0.1, 0.15) is 42.3 Å². The third-order valence-corrected chi connectivity index (χ3v) is 26.9. The minimum atomic E-state index is -2.45. The van der Waals surface area contributed by atoms with Gasteiger partial charge in [-0.3, -0.25) is 0 Å². The molecule has 0 radical (unpaired) electrons. The van der Waals surface area contributed by atoms with Crippen molar-refractivity contribution in [2.24, 2.45) is 48.2 Å². The zero-order chi connectivity index (χ0) is 105. The summed E-state index contributed by atoms with van der Waals surface area (Å²) >= 11 is 0. The van der Waals surface area contributed by atoms with Crippen molar-refractivity contribution in [2.75, 3.05) is 0 Å². The van der Waals surface area contributed by atoms with E-state index >= 15 is 0 Å². The molecule has 678 valence electrons. The monoisotopic (exact) mass is 1770 g/mol. The highest BCUT2D eigenvalue weighted by atomic mass is 14.9. The van der Waals surface area contributed by atoms with Crippen molar-refractivity contribution < 1.29 is 42.5 Å². The maximum absolute atomic E-state index is 8.38. The van der Waals surface area contributed by atoms with Gasteiger partial charge in [-0.25, -0.2) is 27.4 Å². The van der Waals surface area contributed by atoms with E-state index in [0.29, 0.717) is 34.1 Å². The van der Waals surface area contributed by atoms with Gasteiger partial charge in [-0.2, -0.15) is 0 Å². The predicted molar refractivity (Wildman–Crippen MR) is 569 cm³/mol. The summed E-state index contributed by atoms with van der Waals surface area (Å²) < 4.78 is 100. The lowest BCUT2D eigenvalue weighted by Crippen LogP contribution is -2.30. The van der Waals surface area contributed by atoms with E-state index in [-0.39, 0.29) is 0 Å².